The lowest BCUT2D eigenvalue weighted by Crippen LogP contribution is -2.34. The monoisotopic (exact) mass is 294 g/mol. The van der Waals surface area contributed by atoms with Crippen LogP contribution in [0.15, 0.2) is 18.2 Å². The molecule has 2 N–H and O–H groups in total. The Bertz CT molecular complexity index is 459. The second-order valence-corrected chi connectivity index (χ2v) is 5.50. The molecule has 0 aromatic heterocycles. The Kier molecular flexibility index (Phi) is 7.02. The van der Waals surface area contributed by atoms with E-state index < -0.39 is 0 Å². The lowest BCUT2D eigenvalue weighted by Gasteiger charge is -2.17. The molecule has 0 atom stereocenters. The van der Waals surface area contributed by atoms with Crippen molar-refractivity contribution >= 4 is 5.91 Å². The third-order valence-electron chi connectivity index (χ3n) is 2.78. The Labute approximate surface area is 127 Å². The molecule has 5 nitrogen and oxygen atoms in total. The zero-order valence-corrected chi connectivity index (χ0v) is 13.5. The molecule has 0 saturated heterocycles. The predicted molar refractivity (Wildman–Crippen MR) is 83.7 cm³/mol. The van der Waals surface area contributed by atoms with E-state index in [9.17, 15) is 4.79 Å². The van der Waals surface area contributed by atoms with Gasteiger partial charge < -0.3 is 20.1 Å². The van der Waals surface area contributed by atoms with Crippen LogP contribution in [0.25, 0.3) is 0 Å². The fourth-order valence-electron chi connectivity index (χ4n) is 1.84. The molecule has 1 rings (SSSR count). The summed E-state index contributed by atoms with van der Waals surface area (Å²) >= 11 is 0. The van der Waals surface area contributed by atoms with Gasteiger partial charge in [-0.15, -0.1) is 0 Å². The van der Waals surface area contributed by atoms with Crippen LogP contribution in [-0.2, 0) is 11.3 Å². The van der Waals surface area contributed by atoms with Crippen LogP contribution >= 0.6 is 0 Å². The largest absolute Gasteiger partial charge is 0.493 e. The van der Waals surface area contributed by atoms with E-state index in [0.29, 0.717) is 24.1 Å². The third kappa shape index (κ3) is 6.04. The first-order valence-electron chi connectivity index (χ1n) is 7.25. The minimum atomic E-state index is -0.140. The summed E-state index contributed by atoms with van der Waals surface area (Å²) in [4.78, 5) is 11.7. The van der Waals surface area contributed by atoms with Crippen molar-refractivity contribution in [3.8, 4) is 11.5 Å². The van der Waals surface area contributed by atoms with E-state index in [-0.39, 0.29) is 18.6 Å². The van der Waals surface area contributed by atoms with Gasteiger partial charge in [0.25, 0.3) is 5.91 Å². The number of para-hydroxylation sites is 1. The van der Waals surface area contributed by atoms with E-state index in [1.54, 1.807) is 7.11 Å². The molecular formula is C16H26N2O3. The quantitative estimate of drug-likeness (QED) is 0.771. The topological polar surface area (TPSA) is 59.6 Å². The summed E-state index contributed by atoms with van der Waals surface area (Å²) < 4.78 is 11.0. The Morgan fingerprint density at radius 1 is 1.19 bits per heavy atom. The van der Waals surface area contributed by atoms with Crippen LogP contribution < -0.4 is 20.1 Å². The van der Waals surface area contributed by atoms with Gasteiger partial charge in [0, 0.05) is 24.2 Å². The Morgan fingerprint density at radius 3 is 2.48 bits per heavy atom. The van der Waals surface area contributed by atoms with E-state index in [2.05, 4.69) is 24.5 Å². The average Bonchev–Trinajstić information content (AvgIpc) is 2.42. The highest BCUT2D eigenvalue weighted by atomic mass is 16.5. The van der Waals surface area contributed by atoms with Gasteiger partial charge >= 0.3 is 0 Å². The second-order valence-electron chi connectivity index (χ2n) is 5.50. The summed E-state index contributed by atoms with van der Waals surface area (Å²) in [6.07, 6.45) is 0. The number of methoxy groups -OCH3 is 1. The van der Waals surface area contributed by atoms with E-state index in [0.717, 1.165) is 5.56 Å². The van der Waals surface area contributed by atoms with Crippen molar-refractivity contribution in [2.24, 2.45) is 0 Å². The number of nitrogens with one attached hydrogen (secondary N) is 2. The Hall–Kier alpha value is -1.75. The molecule has 0 heterocycles. The highest BCUT2D eigenvalue weighted by molar-refractivity contribution is 5.77. The highest BCUT2D eigenvalue weighted by Crippen LogP contribution is 2.31. The van der Waals surface area contributed by atoms with Crippen molar-refractivity contribution in [3.05, 3.63) is 23.8 Å². The van der Waals surface area contributed by atoms with Gasteiger partial charge in [-0.3, -0.25) is 4.79 Å². The number of hydrogen-bond donors (Lipinski definition) is 2. The van der Waals surface area contributed by atoms with Crippen LogP contribution in [0.2, 0.25) is 0 Å². The summed E-state index contributed by atoms with van der Waals surface area (Å²) in [6, 6.07) is 6.17. The van der Waals surface area contributed by atoms with Gasteiger partial charge in [0.1, 0.15) is 0 Å². The van der Waals surface area contributed by atoms with Crippen LogP contribution in [0.1, 0.15) is 33.3 Å². The molecule has 0 aliphatic heterocycles. The molecule has 0 aliphatic rings. The SMILES string of the molecule is COc1cccc(CNC(C)C)c1OCC(=O)NC(C)C. The van der Waals surface area contributed by atoms with Gasteiger partial charge in [-0.25, -0.2) is 0 Å². The number of rotatable bonds is 8. The van der Waals surface area contributed by atoms with Crippen LogP contribution in [0.4, 0.5) is 0 Å². The molecule has 0 saturated carbocycles. The maximum absolute atomic E-state index is 11.7. The summed E-state index contributed by atoms with van der Waals surface area (Å²) in [6.45, 7) is 8.63. The molecule has 21 heavy (non-hydrogen) atoms. The second kappa shape index (κ2) is 8.52. The molecule has 0 unspecified atom stereocenters. The first-order chi connectivity index (χ1) is 9.93. The average molecular weight is 294 g/mol. The molecule has 5 heteroatoms. The number of ether oxygens (including phenoxy) is 2. The number of amides is 1. The van der Waals surface area contributed by atoms with E-state index in [1.165, 1.54) is 0 Å². The normalized spacial score (nSPS) is 10.8. The highest BCUT2D eigenvalue weighted by Gasteiger charge is 2.13. The fraction of sp³-hybridized carbons (Fsp3) is 0.562. The van der Waals surface area contributed by atoms with Crippen molar-refractivity contribution in [1.82, 2.24) is 10.6 Å². The van der Waals surface area contributed by atoms with Crippen LogP contribution in [-0.4, -0.2) is 31.7 Å². The minimum absolute atomic E-state index is 0.0206. The van der Waals surface area contributed by atoms with Gasteiger partial charge in [0.05, 0.1) is 7.11 Å². The number of carbonyl (C=O) groups excluding carboxylic acids is 1. The van der Waals surface area contributed by atoms with Crippen LogP contribution in [0.5, 0.6) is 11.5 Å². The third-order valence-corrected chi connectivity index (χ3v) is 2.78. The van der Waals surface area contributed by atoms with Crippen LogP contribution in [0.3, 0.4) is 0 Å². The smallest absolute Gasteiger partial charge is 0.258 e. The molecule has 0 fully saturated rings. The molecule has 1 aromatic rings. The van der Waals surface area contributed by atoms with Gasteiger partial charge in [-0.05, 0) is 19.9 Å². The van der Waals surface area contributed by atoms with Crippen molar-refractivity contribution in [3.63, 3.8) is 0 Å². The number of benzene rings is 1. The summed E-state index contributed by atoms with van der Waals surface area (Å²) in [5.41, 5.74) is 0.973. The number of carbonyl (C=O) groups is 1. The van der Waals surface area contributed by atoms with Gasteiger partial charge in [0.15, 0.2) is 18.1 Å². The zero-order chi connectivity index (χ0) is 15.8. The lowest BCUT2D eigenvalue weighted by molar-refractivity contribution is -0.123. The maximum atomic E-state index is 11.7. The molecule has 0 radical (unpaired) electrons. The maximum Gasteiger partial charge on any atom is 0.258 e. The Morgan fingerprint density at radius 2 is 1.90 bits per heavy atom. The van der Waals surface area contributed by atoms with Crippen LogP contribution in [0, 0.1) is 0 Å². The zero-order valence-electron chi connectivity index (χ0n) is 13.5. The van der Waals surface area contributed by atoms with Gasteiger partial charge in [-0.1, -0.05) is 26.0 Å². The predicted octanol–water partition coefficient (Wildman–Crippen LogP) is 2.10. The molecule has 118 valence electrons. The molecule has 0 spiro atoms. The molecule has 0 aliphatic carbocycles. The van der Waals surface area contributed by atoms with Crippen molar-refractivity contribution in [2.45, 2.75) is 46.3 Å². The first kappa shape index (κ1) is 17.3. The van der Waals surface area contributed by atoms with Crippen molar-refractivity contribution in [1.29, 1.82) is 0 Å². The standard InChI is InChI=1S/C16H26N2O3/c1-11(2)17-9-13-7-6-8-14(20-5)16(13)21-10-15(19)18-12(3)4/h6-8,11-12,17H,9-10H2,1-5H3,(H,18,19). The summed E-state index contributed by atoms with van der Waals surface area (Å²) in [5.74, 6) is 1.11. The summed E-state index contributed by atoms with van der Waals surface area (Å²) in [7, 11) is 1.59. The molecule has 1 aromatic carbocycles. The first-order valence-corrected chi connectivity index (χ1v) is 7.25. The number of hydrogen-bond acceptors (Lipinski definition) is 4. The van der Waals surface area contributed by atoms with E-state index in [4.69, 9.17) is 9.47 Å². The Balaban J connectivity index is 2.79. The van der Waals surface area contributed by atoms with E-state index in [1.807, 2.05) is 32.0 Å². The van der Waals surface area contributed by atoms with Crippen molar-refractivity contribution < 1.29 is 14.3 Å². The summed E-state index contributed by atoms with van der Waals surface area (Å²) in [5, 5.41) is 6.14. The molecular weight excluding hydrogens is 268 g/mol. The fourth-order valence-corrected chi connectivity index (χ4v) is 1.84. The molecule has 0 bridgehead atoms. The molecule has 1 amide bonds. The van der Waals surface area contributed by atoms with Gasteiger partial charge in [-0.2, -0.15) is 0 Å². The lowest BCUT2D eigenvalue weighted by atomic mass is 10.1. The van der Waals surface area contributed by atoms with E-state index >= 15 is 0 Å². The van der Waals surface area contributed by atoms with Gasteiger partial charge in [0.2, 0.25) is 0 Å². The van der Waals surface area contributed by atoms with Crippen molar-refractivity contribution in [2.75, 3.05) is 13.7 Å². The minimum Gasteiger partial charge on any atom is -0.493 e.